The summed E-state index contributed by atoms with van der Waals surface area (Å²) >= 11 is 0. The van der Waals surface area contributed by atoms with E-state index in [2.05, 4.69) is 25.6 Å². The van der Waals surface area contributed by atoms with E-state index < -0.39 is 0 Å². The van der Waals surface area contributed by atoms with Crippen molar-refractivity contribution in [3.8, 4) is 5.82 Å². The molecule has 3 N–H and O–H groups in total. The van der Waals surface area contributed by atoms with Crippen LogP contribution in [0.5, 0.6) is 0 Å². The summed E-state index contributed by atoms with van der Waals surface area (Å²) < 4.78 is 7.23. The van der Waals surface area contributed by atoms with Gasteiger partial charge < -0.3 is 15.8 Å². The van der Waals surface area contributed by atoms with Crippen LogP contribution >= 0.6 is 0 Å². The van der Waals surface area contributed by atoms with E-state index in [-0.39, 0.29) is 6.10 Å². The molecule has 1 aromatic carbocycles. The standard InChI is InChI=1S/C15H17N7O/c16-13-14(17-8-10-4-3-7-23-10)18-9-19-15(13)22-12-6-2-1-5-11(12)20-21-22/h1-2,5-6,9-10H,3-4,7-8,16H2,(H,17,18,19). The van der Waals surface area contributed by atoms with Crippen LogP contribution in [0.1, 0.15) is 12.8 Å². The third-order valence-corrected chi connectivity index (χ3v) is 3.94. The number of nitrogen functional groups attached to an aromatic ring is 1. The van der Waals surface area contributed by atoms with E-state index in [0.29, 0.717) is 23.9 Å². The number of para-hydroxylation sites is 1. The first kappa shape index (κ1) is 13.9. The van der Waals surface area contributed by atoms with Gasteiger partial charge in [0.1, 0.15) is 17.5 Å². The Balaban J connectivity index is 1.65. The lowest BCUT2D eigenvalue weighted by molar-refractivity contribution is 0.120. The molecule has 0 radical (unpaired) electrons. The van der Waals surface area contributed by atoms with Gasteiger partial charge in [0.25, 0.3) is 0 Å². The minimum Gasteiger partial charge on any atom is -0.393 e. The van der Waals surface area contributed by atoms with Gasteiger partial charge >= 0.3 is 0 Å². The molecular weight excluding hydrogens is 294 g/mol. The van der Waals surface area contributed by atoms with Crippen LogP contribution in [0.15, 0.2) is 30.6 Å². The second-order valence-electron chi connectivity index (χ2n) is 5.47. The van der Waals surface area contributed by atoms with E-state index in [0.717, 1.165) is 30.5 Å². The van der Waals surface area contributed by atoms with Gasteiger partial charge in [0.05, 0.1) is 11.6 Å². The number of rotatable bonds is 4. The first-order chi connectivity index (χ1) is 11.3. The maximum atomic E-state index is 6.23. The largest absolute Gasteiger partial charge is 0.393 e. The number of hydrogen-bond acceptors (Lipinski definition) is 7. The zero-order chi connectivity index (χ0) is 15.6. The monoisotopic (exact) mass is 311 g/mol. The van der Waals surface area contributed by atoms with E-state index >= 15 is 0 Å². The maximum Gasteiger partial charge on any atom is 0.184 e. The number of fused-ring (bicyclic) bond motifs is 1. The van der Waals surface area contributed by atoms with E-state index in [1.165, 1.54) is 6.33 Å². The normalized spacial score (nSPS) is 17.7. The molecule has 1 aliphatic heterocycles. The van der Waals surface area contributed by atoms with Crippen molar-refractivity contribution in [2.24, 2.45) is 0 Å². The van der Waals surface area contributed by atoms with Crippen LogP contribution in [0.4, 0.5) is 11.5 Å². The highest BCUT2D eigenvalue weighted by Gasteiger charge is 2.18. The van der Waals surface area contributed by atoms with Crippen molar-refractivity contribution < 1.29 is 4.74 Å². The predicted octanol–water partition coefficient (Wildman–Crippen LogP) is 1.38. The predicted molar refractivity (Wildman–Crippen MR) is 86.3 cm³/mol. The van der Waals surface area contributed by atoms with Gasteiger partial charge in [0.2, 0.25) is 0 Å². The Morgan fingerprint density at radius 1 is 1.30 bits per heavy atom. The van der Waals surface area contributed by atoms with Crippen molar-refractivity contribution in [3.63, 3.8) is 0 Å². The number of ether oxygens (including phenoxy) is 1. The Hall–Kier alpha value is -2.74. The van der Waals surface area contributed by atoms with Gasteiger partial charge in [0, 0.05) is 13.2 Å². The molecule has 1 atom stereocenters. The lowest BCUT2D eigenvalue weighted by atomic mass is 10.2. The van der Waals surface area contributed by atoms with Gasteiger partial charge in [-0.2, -0.15) is 4.68 Å². The summed E-state index contributed by atoms with van der Waals surface area (Å²) in [6.45, 7) is 1.50. The zero-order valence-corrected chi connectivity index (χ0v) is 12.5. The molecule has 23 heavy (non-hydrogen) atoms. The highest BCUT2D eigenvalue weighted by atomic mass is 16.5. The average molecular weight is 311 g/mol. The summed E-state index contributed by atoms with van der Waals surface area (Å²) in [6, 6.07) is 7.67. The van der Waals surface area contributed by atoms with Gasteiger partial charge in [-0.25, -0.2) is 9.97 Å². The molecule has 0 aliphatic carbocycles. The topological polar surface area (TPSA) is 104 Å². The number of benzene rings is 1. The fraction of sp³-hybridized carbons (Fsp3) is 0.333. The Bertz CT molecular complexity index is 826. The van der Waals surface area contributed by atoms with E-state index in [9.17, 15) is 0 Å². The van der Waals surface area contributed by atoms with Gasteiger partial charge in [-0.05, 0) is 25.0 Å². The Kier molecular flexibility index (Phi) is 3.51. The minimum atomic E-state index is 0.208. The van der Waals surface area contributed by atoms with Crippen LogP contribution in [-0.2, 0) is 4.74 Å². The molecule has 1 fully saturated rings. The molecule has 4 rings (SSSR count). The van der Waals surface area contributed by atoms with Gasteiger partial charge in [-0.1, -0.05) is 17.3 Å². The number of aromatic nitrogens is 5. The first-order valence-electron chi connectivity index (χ1n) is 7.59. The van der Waals surface area contributed by atoms with Crippen LogP contribution < -0.4 is 11.1 Å². The second kappa shape index (κ2) is 5.81. The van der Waals surface area contributed by atoms with E-state index in [1.807, 2.05) is 24.3 Å². The fourth-order valence-corrected chi connectivity index (χ4v) is 2.74. The first-order valence-corrected chi connectivity index (χ1v) is 7.59. The number of nitrogens with zero attached hydrogens (tertiary/aromatic N) is 5. The summed E-state index contributed by atoms with van der Waals surface area (Å²) in [5.41, 5.74) is 8.32. The molecule has 1 saturated heterocycles. The van der Waals surface area contributed by atoms with Gasteiger partial charge in [-0.15, -0.1) is 5.10 Å². The van der Waals surface area contributed by atoms with Crippen molar-refractivity contribution in [1.29, 1.82) is 0 Å². The van der Waals surface area contributed by atoms with Crippen LogP contribution in [0, 0.1) is 0 Å². The fourth-order valence-electron chi connectivity index (χ4n) is 2.74. The van der Waals surface area contributed by atoms with Crippen molar-refractivity contribution in [1.82, 2.24) is 25.0 Å². The van der Waals surface area contributed by atoms with Crippen LogP contribution in [0.2, 0.25) is 0 Å². The number of anilines is 2. The average Bonchev–Trinajstić information content (AvgIpc) is 3.23. The summed E-state index contributed by atoms with van der Waals surface area (Å²) in [6.07, 6.45) is 3.83. The lowest BCUT2D eigenvalue weighted by Crippen LogP contribution is -2.20. The summed E-state index contributed by atoms with van der Waals surface area (Å²) in [4.78, 5) is 8.49. The van der Waals surface area contributed by atoms with Crippen LogP contribution in [0.25, 0.3) is 16.9 Å². The molecule has 0 amide bonds. The van der Waals surface area contributed by atoms with Crippen molar-refractivity contribution in [3.05, 3.63) is 30.6 Å². The van der Waals surface area contributed by atoms with Crippen molar-refractivity contribution in [2.45, 2.75) is 18.9 Å². The van der Waals surface area contributed by atoms with Crippen molar-refractivity contribution >= 4 is 22.5 Å². The molecule has 0 saturated carbocycles. The SMILES string of the molecule is Nc1c(NCC2CCCO2)ncnc1-n1nnc2ccccc21. The molecule has 2 aromatic heterocycles. The highest BCUT2D eigenvalue weighted by Crippen LogP contribution is 2.24. The molecule has 118 valence electrons. The quantitative estimate of drug-likeness (QED) is 0.750. The number of nitrogens with one attached hydrogen (secondary N) is 1. The van der Waals surface area contributed by atoms with Gasteiger partial charge in [0.15, 0.2) is 11.6 Å². The molecular formula is C15H17N7O. The molecule has 1 unspecified atom stereocenters. The van der Waals surface area contributed by atoms with E-state index in [4.69, 9.17) is 10.5 Å². The summed E-state index contributed by atoms with van der Waals surface area (Å²) in [5, 5.41) is 11.5. The maximum absolute atomic E-state index is 6.23. The van der Waals surface area contributed by atoms with Crippen LogP contribution in [0.3, 0.4) is 0 Å². The smallest absolute Gasteiger partial charge is 0.184 e. The number of hydrogen-bond donors (Lipinski definition) is 2. The molecule has 1 aliphatic rings. The molecule has 3 heterocycles. The molecule has 8 nitrogen and oxygen atoms in total. The third kappa shape index (κ3) is 2.57. The van der Waals surface area contributed by atoms with E-state index in [1.54, 1.807) is 4.68 Å². The Morgan fingerprint density at radius 3 is 3.09 bits per heavy atom. The molecule has 0 spiro atoms. The highest BCUT2D eigenvalue weighted by molar-refractivity contribution is 5.78. The van der Waals surface area contributed by atoms with Crippen molar-refractivity contribution in [2.75, 3.05) is 24.2 Å². The molecule has 0 bridgehead atoms. The third-order valence-electron chi connectivity index (χ3n) is 3.94. The van der Waals surface area contributed by atoms with Gasteiger partial charge in [-0.3, -0.25) is 0 Å². The summed E-state index contributed by atoms with van der Waals surface area (Å²) in [7, 11) is 0. The second-order valence-corrected chi connectivity index (χ2v) is 5.47. The molecule has 3 aromatic rings. The molecule has 8 heteroatoms. The summed E-state index contributed by atoms with van der Waals surface area (Å²) in [5.74, 6) is 1.11. The Labute approximate surface area is 132 Å². The number of nitrogens with two attached hydrogens (primary N) is 1. The van der Waals surface area contributed by atoms with Crippen LogP contribution in [-0.4, -0.2) is 44.2 Å². The minimum absolute atomic E-state index is 0.208. The lowest BCUT2D eigenvalue weighted by Gasteiger charge is -2.14. The Morgan fingerprint density at radius 2 is 2.22 bits per heavy atom. The zero-order valence-electron chi connectivity index (χ0n) is 12.5.